The van der Waals surface area contributed by atoms with E-state index in [9.17, 15) is 4.79 Å². The van der Waals surface area contributed by atoms with Gasteiger partial charge in [-0.15, -0.1) is 0 Å². The van der Waals surface area contributed by atoms with Gasteiger partial charge in [-0.25, -0.2) is 9.78 Å². The van der Waals surface area contributed by atoms with E-state index in [-0.39, 0.29) is 5.97 Å². The maximum Gasteiger partial charge on any atom is 0.356 e. The molecule has 0 spiro atoms. The Hall–Kier alpha value is -1.84. The molecule has 0 aromatic carbocycles. The van der Waals surface area contributed by atoms with E-state index in [1.54, 1.807) is 10.6 Å². The highest BCUT2D eigenvalue weighted by Gasteiger charge is 2.10. The van der Waals surface area contributed by atoms with Crippen molar-refractivity contribution in [1.29, 1.82) is 0 Å². The second-order valence-corrected chi connectivity index (χ2v) is 2.56. The van der Waals surface area contributed by atoms with Crippen molar-refractivity contribution >= 4 is 11.6 Å². The zero-order valence-electron chi connectivity index (χ0n) is 7.10. The van der Waals surface area contributed by atoms with Crippen LogP contribution in [0.15, 0.2) is 30.6 Å². The third-order valence-corrected chi connectivity index (χ3v) is 1.81. The molecule has 2 heterocycles. The van der Waals surface area contributed by atoms with Gasteiger partial charge in [0.15, 0.2) is 5.69 Å². The summed E-state index contributed by atoms with van der Waals surface area (Å²) in [4.78, 5) is 15.3. The van der Waals surface area contributed by atoms with E-state index >= 15 is 0 Å². The Labute approximate surface area is 74.8 Å². The maximum absolute atomic E-state index is 11.2. The van der Waals surface area contributed by atoms with E-state index in [2.05, 4.69) is 9.72 Å². The molecule has 2 aromatic heterocycles. The SMILES string of the molecule is COC(=O)c1cnc2ccccn12. The number of ether oxygens (including phenoxy) is 1. The molecule has 13 heavy (non-hydrogen) atoms. The Kier molecular flexibility index (Phi) is 1.73. The fraction of sp³-hybridized carbons (Fsp3) is 0.111. The molecule has 2 rings (SSSR count). The number of hydrogen-bond donors (Lipinski definition) is 0. The molecule has 0 aliphatic heterocycles. The first kappa shape index (κ1) is 7.79. The van der Waals surface area contributed by atoms with Crippen LogP contribution in [-0.2, 0) is 4.74 Å². The second kappa shape index (κ2) is 2.90. The van der Waals surface area contributed by atoms with Crippen molar-refractivity contribution in [3.05, 3.63) is 36.3 Å². The lowest BCUT2D eigenvalue weighted by atomic mass is 10.4. The molecule has 4 heteroatoms. The van der Waals surface area contributed by atoms with Gasteiger partial charge in [0.2, 0.25) is 0 Å². The number of hydrogen-bond acceptors (Lipinski definition) is 3. The number of imidazole rings is 1. The number of esters is 1. The summed E-state index contributed by atoms with van der Waals surface area (Å²) in [6, 6.07) is 5.52. The number of aromatic nitrogens is 2. The van der Waals surface area contributed by atoms with E-state index in [0.29, 0.717) is 5.69 Å². The zero-order valence-corrected chi connectivity index (χ0v) is 7.10. The molecule has 66 valence electrons. The summed E-state index contributed by atoms with van der Waals surface area (Å²) in [6.07, 6.45) is 3.27. The van der Waals surface area contributed by atoms with Gasteiger partial charge in [0.1, 0.15) is 5.65 Å². The summed E-state index contributed by atoms with van der Waals surface area (Å²) in [7, 11) is 1.35. The Morgan fingerprint density at radius 3 is 3.15 bits per heavy atom. The molecule has 0 atom stereocenters. The lowest BCUT2D eigenvalue weighted by molar-refractivity contribution is 0.0593. The van der Waals surface area contributed by atoms with E-state index < -0.39 is 0 Å². The highest BCUT2D eigenvalue weighted by atomic mass is 16.5. The Balaban J connectivity index is 2.64. The van der Waals surface area contributed by atoms with Crippen LogP contribution in [-0.4, -0.2) is 22.5 Å². The third kappa shape index (κ3) is 1.16. The molecule has 0 N–H and O–H groups in total. The number of nitrogens with zero attached hydrogens (tertiary/aromatic N) is 2. The summed E-state index contributed by atoms with van der Waals surface area (Å²) in [5, 5.41) is 0. The first-order chi connectivity index (χ1) is 6.33. The van der Waals surface area contributed by atoms with Crippen LogP contribution >= 0.6 is 0 Å². The molecule has 0 aliphatic carbocycles. The molecule has 0 unspecified atom stereocenters. The average molecular weight is 176 g/mol. The topological polar surface area (TPSA) is 43.6 Å². The molecule has 2 aromatic rings. The van der Waals surface area contributed by atoms with Crippen LogP contribution in [0.4, 0.5) is 0 Å². The molecule has 0 amide bonds. The molecular weight excluding hydrogens is 168 g/mol. The van der Waals surface area contributed by atoms with Gasteiger partial charge in [0.05, 0.1) is 13.3 Å². The largest absolute Gasteiger partial charge is 0.464 e. The Morgan fingerprint density at radius 2 is 2.38 bits per heavy atom. The van der Waals surface area contributed by atoms with Crippen molar-refractivity contribution in [2.75, 3.05) is 7.11 Å². The standard InChI is InChI=1S/C9H8N2O2/c1-13-9(12)7-6-10-8-4-2-3-5-11(7)8/h2-6H,1H3. The number of rotatable bonds is 1. The van der Waals surface area contributed by atoms with Gasteiger partial charge in [-0.05, 0) is 12.1 Å². The first-order valence-electron chi connectivity index (χ1n) is 3.83. The number of fused-ring (bicyclic) bond motifs is 1. The molecule has 0 radical (unpaired) electrons. The van der Waals surface area contributed by atoms with Gasteiger partial charge in [-0.2, -0.15) is 0 Å². The highest BCUT2D eigenvalue weighted by Crippen LogP contribution is 2.06. The predicted molar refractivity (Wildman–Crippen MR) is 46.5 cm³/mol. The predicted octanol–water partition coefficient (Wildman–Crippen LogP) is 1.12. The normalized spacial score (nSPS) is 10.2. The minimum Gasteiger partial charge on any atom is -0.464 e. The smallest absolute Gasteiger partial charge is 0.356 e. The van der Waals surface area contributed by atoms with Crippen LogP contribution in [0.25, 0.3) is 5.65 Å². The molecule has 0 fully saturated rings. The number of pyridine rings is 1. The van der Waals surface area contributed by atoms with Crippen LogP contribution in [0.5, 0.6) is 0 Å². The molecular formula is C9H8N2O2. The molecule has 4 nitrogen and oxygen atoms in total. The van der Waals surface area contributed by atoms with Gasteiger partial charge < -0.3 is 4.74 Å². The molecule has 0 saturated heterocycles. The Bertz CT molecular complexity index is 448. The van der Waals surface area contributed by atoms with Crippen LogP contribution < -0.4 is 0 Å². The van der Waals surface area contributed by atoms with Gasteiger partial charge in [-0.1, -0.05) is 6.07 Å². The van der Waals surface area contributed by atoms with Crippen LogP contribution in [0.2, 0.25) is 0 Å². The van der Waals surface area contributed by atoms with Crippen molar-refractivity contribution in [2.45, 2.75) is 0 Å². The van der Waals surface area contributed by atoms with E-state index in [4.69, 9.17) is 0 Å². The summed E-state index contributed by atoms with van der Waals surface area (Å²) >= 11 is 0. The van der Waals surface area contributed by atoms with Gasteiger partial charge in [0, 0.05) is 6.20 Å². The van der Waals surface area contributed by atoms with Crippen molar-refractivity contribution in [1.82, 2.24) is 9.38 Å². The van der Waals surface area contributed by atoms with Crippen LogP contribution in [0.1, 0.15) is 10.5 Å². The quantitative estimate of drug-likeness (QED) is 0.611. The van der Waals surface area contributed by atoms with Crippen molar-refractivity contribution < 1.29 is 9.53 Å². The van der Waals surface area contributed by atoms with Crippen molar-refractivity contribution in [3.8, 4) is 0 Å². The summed E-state index contributed by atoms with van der Waals surface area (Å²) in [6.45, 7) is 0. The van der Waals surface area contributed by atoms with Gasteiger partial charge in [0.25, 0.3) is 0 Å². The number of methoxy groups -OCH3 is 1. The zero-order chi connectivity index (χ0) is 9.26. The number of carbonyl (C=O) groups is 1. The minimum atomic E-state index is -0.376. The van der Waals surface area contributed by atoms with E-state index in [1.807, 2.05) is 18.2 Å². The van der Waals surface area contributed by atoms with Crippen LogP contribution in [0, 0.1) is 0 Å². The highest BCUT2D eigenvalue weighted by molar-refractivity contribution is 5.88. The first-order valence-corrected chi connectivity index (χ1v) is 3.83. The third-order valence-electron chi connectivity index (χ3n) is 1.81. The minimum absolute atomic E-state index is 0.376. The number of carbonyl (C=O) groups excluding carboxylic acids is 1. The maximum atomic E-state index is 11.2. The Morgan fingerprint density at radius 1 is 1.54 bits per heavy atom. The molecule has 0 aliphatic rings. The van der Waals surface area contributed by atoms with Crippen molar-refractivity contribution in [3.63, 3.8) is 0 Å². The summed E-state index contributed by atoms with van der Waals surface area (Å²) in [5.74, 6) is -0.376. The van der Waals surface area contributed by atoms with E-state index in [0.717, 1.165) is 5.65 Å². The summed E-state index contributed by atoms with van der Waals surface area (Å²) < 4.78 is 6.29. The van der Waals surface area contributed by atoms with E-state index in [1.165, 1.54) is 13.3 Å². The summed E-state index contributed by atoms with van der Waals surface area (Å²) in [5.41, 5.74) is 1.18. The molecule has 0 bridgehead atoms. The fourth-order valence-corrected chi connectivity index (χ4v) is 1.19. The van der Waals surface area contributed by atoms with Crippen molar-refractivity contribution in [2.24, 2.45) is 0 Å². The van der Waals surface area contributed by atoms with Crippen LogP contribution in [0.3, 0.4) is 0 Å². The van der Waals surface area contributed by atoms with Gasteiger partial charge >= 0.3 is 5.97 Å². The molecule has 0 saturated carbocycles. The second-order valence-electron chi connectivity index (χ2n) is 2.56. The lowest BCUT2D eigenvalue weighted by Crippen LogP contribution is -2.04. The fourth-order valence-electron chi connectivity index (χ4n) is 1.19. The monoisotopic (exact) mass is 176 g/mol. The lowest BCUT2D eigenvalue weighted by Gasteiger charge is -1.97. The average Bonchev–Trinajstić information content (AvgIpc) is 2.60. The van der Waals surface area contributed by atoms with Gasteiger partial charge in [-0.3, -0.25) is 4.40 Å².